The number of hydrogen-bond acceptors (Lipinski definition) is 7. The summed E-state index contributed by atoms with van der Waals surface area (Å²) in [5.41, 5.74) is 0.431. The zero-order valence-corrected chi connectivity index (χ0v) is 16.1. The van der Waals surface area contributed by atoms with Crippen molar-refractivity contribution in [1.29, 1.82) is 0 Å². The number of halogens is 1. The summed E-state index contributed by atoms with van der Waals surface area (Å²) in [5, 5.41) is 10.5. The van der Waals surface area contributed by atoms with Crippen LogP contribution in [0.4, 0.5) is 0 Å². The largest absolute Gasteiger partial charge is 0.508 e. The minimum absolute atomic E-state index is 0.113. The monoisotopic (exact) mass is 404 g/mol. The highest BCUT2D eigenvalue weighted by Crippen LogP contribution is 2.41. The first-order chi connectivity index (χ1) is 13.4. The quantitative estimate of drug-likeness (QED) is 0.649. The van der Waals surface area contributed by atoms with E-state index in [9.17, 15) is 14.7 Å². The summed E-state index contributed by atoms with van der Waals surface area (Å²) in [6.07, 6.45) is -0.181. The summed E-state index contributed by atoms with van der Waals surface area (Å²) >= 11 is 6.14. The lowest BCUT2D eigenvalue weighted by atomic mass is 10.0. The van der Waals surface area contributed by atoms with Crippen LogP contribution in [0.5, 0.6) is 17.2 Å². The number of esters is 1. The molecule has 0 saturated carbocycles. The molecule has 1 heterocycles. The number of phenolic OH excluding ortho intramolecular Hbond substituents is 1. The zero-order chi connectivity index (χ0) is 20.4. The lowest BCUT2D eigenvalue weighted by Crippen LogP contribution is -2.09. The maximum absolute atomic E-state index is 12.8. The number of rotatable bonds is 5. The second-order valence-corrected chi connectivity index (χ2v) is 6.33. The molecule has 7 nitrogen and oxygen atoms in total. The molecule has 0 bridgehead atoms. The van der Waals surface area contributed by atoms with Crippen LogP contribution in [0, 0.1) is 0 Å². The van der Waals surface area contributed by atoms with E-state index in [4.69, 9.17) is 25.5 Å². The van der Waals surface area contributed by atoms with Crippen molar-refractivity contribution in [3.05, 3.63) is 51.1 Å². The summed E-state index contributed by atoms with van der Waals surface area (Å²) in [6.45, 7) is 0. The Balaban J connectivity index is 2.28. The van der Waals surface area contributed by atoms with E-state index in [1.54, 1.807) is 12.1 Å². The molecule has 0 aliphatic rings. The van der Waals surface area contributed by atoms with Gasteiger partial charge in [-0.3, -0.25) is 9.59 Å². The van der Waals surface area contributed by atoms with Crippen molar-refractivity contribution >= 4 is 28.5 Å². The van der Waals surface area contributed by atoms with Crippen molar-refractivity contribution in [2.45, 2.75) is 6.42 Å². The molecule has 0 fully saturated rings. The van der Waals surface area contributed by atoms with Crippen LogP contribution >= 0.6 is 11.6 Å². The van der Waals surface area contributed by atoms with Crippen LogP contribution in [0.3, 0.4) is 0 Å². The van der Waals surface area contributed by atoms with Crippen molar-refractivity contribution in [3.8, 4) is 28.6 Å². The van der Waals surface area contributed by atoms with Gasteiger partial charge in [0, 0.05) is 23.2 Å². The molecular formula is C20H17ClO7. The van der Waals surface area contributed by atoms with Crippen molar-refractivity contribution in [1.82, 2.24) is 0 Å². The minimum atomic E-state index is -0.545. The third-order valence-corrected chi connectivity index (χ3v) is 4.39. The number of carbonyl (C=O) groups excluding carboxylic acids is 1. The van der Waals surface area contributed by atoms with E-state index in [0.717, 1.165) is 0 Å². The highest BCUT2D eigenvalue weighted by molar-refractivity contribution is 6.31. The fourth-order valence-electron chi connectivity index (χ4n) is 2.97. The van der Waals surface area contributed by atoms with Crippen molar-refractivity contribution in [2.24, 2.45) is 0 Å². The minimum Gasteiger partial charge on any atom is -0.508 e. The standard InChI is InChI=1S/C20H17ClO7/c1-25-17-7-11(21)6-13(20(17)27-3)15-9-14(23)19-10(5-18(24)26-2)4-12(22)8-16(19)28-15/h4,6-9,22H,5H2,1-3H3. The molecular weight excluding hydrogens is 388 g/mol. The molecule has 2 aromatic carbocycles. The van der Waals surface area contributed by atoms with E-state index in [1.807, 2.05) is 0 Å². The highest BCUT2D eigenvalue weighted by Gasteiger charge is 2.19. The van der Waals surface area contributed by atoms with Crippen molar-refractivity contribution in [3.63, 3.8) is 0 Å². The van der Waals surface area contributed by atoms with Crippen LogP contribution in [0.15, 0.2) is 39.5 Å². The Kier molecular flexibility index (Phi) is 5.46. The normalized spacial score (nSPS) is 10.7. The molecule has 0 amide bonds. The molecule has 1 aromatic heterocycles. The van der Waals surface area contributed by atoms with E-state index in [-0.39, 0.29) is 28.9 Å². The van der Waals surface area contributed by atoms with Gasteiger partial charge < -0.3 is 23.7 Å². The van der Waals surface area contributed by atoms with E-state index in [0.29, 0.717) is 27.6 Å². The van der Waals surface area contributed by atoms with Crippen LogP contribution in [0.2, 0.25) is 5.02 Å². The first-order valence-electron chi connectivity index (χ1n) is 8.16. The first-order valence-corrected chi connectivity index (χ1v) is 8.54. The second kappa shape index (κ2) is 7.82. The fourth-order valence-corrected chi connectivity index (χ4v) is 3.18. The lowest BCUT2D eigenvalue weighted by molar-refractivity contribution is -0.139. The van der Waals surface area contributed by atoms with Gasteiger partial charge in [0.05, 0.1) is 38.7 Å². The number of fused-ring (bicyclic) bond motifs is 1. The van der Waals surface area contributed by atoms with Gasteiger partial charge >= 0.3 is 5.97 Å². The van der Waals surface area contributed by atoms with Crippen LogP contribution in [-0.4, -0.2) is 32.4 Å². The van der Waals surface area contributed by atoms with Crippen LogP contribution in [-0.2, 0) is 16.0 Å². The third-order valence-electron chi connectivity index (χ3n) is 4.17. The summed E-state index contributed by atoms with van der Waals surface area (Å²) in [7, 11) is 4.16. The first kappa shape index (κ1) is 19.6. The van der Waals surface area contributed by atoms with Gasteiger partial charge in [-0.15, -0.1) is 0 Å². The van der Waals surface area contributed by atoms with Crippen LogP contribution in [0.25, 0.3) is 22.3 Å². The van der Waals surface area contributed by atoms with Gasteiger partial charge in [-0.05, 0) is 17.7 Å². The van der Waals surface area contributed by atoms with Crippen molar-refractivity contribution < 1.29 is 28.5 Å². The van der Waals surface area contributed by atoms with E-state index in [1.165, 1.54) is 39.5 Å². The Morgan fingerprint density at radius 1 is 1.11 bits per heavy atom. The van der Waals surface area contributed by atoms with Crippen LogP contribution < -0.4 is 14.9 Å². The van der Waals surface area contributed by atoms with Crippen LogP contribution in [0.1, 0.15) is 5.56 Å². The van der Waals surface area contributed by atoms with Gasteiger partial charge in [-0.1, -0.05) is 11.6 Å². The molecule has 0 aliphatic carbocycles. The fraction of sp³-hybridized carbons (Fsp3) is 0.200. The Morgan fingerprint density at radius 3 is 2.50 bits per heavy atom. The third kappa shape index (κ3) is 3.61. The highest BCUT2D eigenvalue weighted by atomic mass is 35.5. The number of phenols is 1. The Labute approximate surface area is 165 Å². The van der Waals surface area contributed by atoms with Gasteiger partial charge in [-0.25, -0.2) is 0 Å². The molecule has 0 atom stereocenters. The molecule has 3 rings (SSSR count). The molecule has 0 spiro atoms. The van der Waals surface area contributed by atoms with Gasteiger partial charge in [0.15, 0.2) is 16.9 Å². The predicted octanol–water partition coefficient (Wildman–Crippen LogP) is 3.55. The smallest absolute Gasteiger partial charge is 0.310 e. The maximum Gasteiger partial charge on any atom is 0.310 e. The zero-order valence-electron chi connectivity index (χ0n) is 15.4. The number of ether oxygens (including phenoxy) is 3. The number of methoxy groups -OCH3 is 3. The number of benzene rings is 2. The molecule has 0 saturated heterocycles. The summed E-state index contributed by atoms with van der Waals surface area (Å²) in [5.74, 6) is 0.183. The Hall–Kier alpha value is -3.19. The lowest BCUT2D eigenvalue weighted by Gasteiger charge is -2.14. The molecule has 8 heteroatoms. The number of carbonyl (C=O) groups is 1. The molecule has 146 valence electrons. The molecule has 1 N–H and O–H groups in total. The molecule has 0 radical (unpaired) electrons. The summed E-state index contributed by atoms with van der Waals surface area (Å²) < 4.78 is 21.2. The number of hydrogen-bond donors (Lipinski definition) is 1. The van der Waals surface area contributed by atoms with E-state index < -0.39 is 11.4 Å². The maximum atomic E-state index is 12.8. The average Bonchev–Trinajstić information content (AvgIpc) is 2.66. The average molecular weight is 405 g/mol. The predicted molar refractivity (Wildman–Crippen MR) is 103 cm³/mol. The van der Waals surface area contributed by atoms with Gasteiger partial charge in [0.2, 0.25) is 0 Å². The molecule has 0 unspecified atom stereocenters. The molecule has 3 aromatic rings. The van der Waals surface area contributed by atoms with E-state index in [2.05, 4.69) is 4.74 Å². The number of aromatic hydroxyl groups is 1. The molecule has 28 heavy (non-hydrogen) atoms. The Bertz CT molecular complexity index is 1120. The summed E-state index contributed by atoms with van der Waals surface area (Å²) in [4.78, 5) is 24.5. The SMILES string of the molecule is COC(=O)Cc1cc(O)cc2oc(-c3cc(Cl)cc(OC)c3OC)cc(=O)c12. The van der Waals surface area contributed by atoms with Crippen molar-refractivity contribution in [2.75, 3.05) is 21.3 Å². The summed E-state index contributed by atoms with van der Waals surface area (Å²) in [6, 6.07) is 7.05. The van der Waals surface area contributed by atoms with Gasteiger partial charge in [-0.2, -0.15) is 0 Å². The topological polar surface area (TPSA) is 95.2 Å². The Morgan fingerprint density at radius 2 is 1.86 bits per heavy atom. The van der Waals surface area contributed by atoms with E-state index >= 15 is 0 Å². The second-order valence-electron chi connectivity index (χ2n) is 5.89. The molecule has 0 aliphatic heterocycles. The van der Waals surface area contributed by atoms with Gasteiger partial charge in [0.1, 0.15) is 17.1 Å². The van der Waals surface area contributed by atoms with Gasteiger partial charge in [0.25, 0.3) is 0 Å².